The number of carbonyl (C=O) groups excluding carboxylic acids is 2. The maximum atomic E-state index is 14.2. The van der Waals surface area contributed by atoms with E-state index in [4.69, 9.17) is 4.99 Å². The molecule has 1 aliphatic heterocycles. The quantitative estimate of drug-likeness (QED) is 0.213. The lowest BCUT2D eigenvalue weighted by atomic mass is 9.97. The van der Waals surface area contributed by atoms with Crippen LogP contribution in [0.2, 0.25) is 0 Å². The Morgan fingerprint density at radius 3 is 2.13 bits per heavy atom. The summed E-state index contributed by atoms with van der Waals surface area (Å²) in [6.07, 6.45) is -1.78. The molecule has 0 radical (unpaired) electrons. The van der Waals surface area contributed by atoms with Gasteiger partial charge in [0.05, 0.1) is 18.8 Å². The molecule has 5 rings (SSSR count). The summed E-state index contributed by atoms with van der Waals surface area (Å²) in [6, 6.07) is 33.4. The van der Waals surface area contributed by atoms with Gasteiger partial charge in [0.1, 0.15) is 12.2 Å². The van der Waals surface area contributed by atoms with E-state index in [9.17, 15) is 19.5 Å². The number of benzodiazepines with no additional fused rings is 1. The molecule has 236 valence electrons. The van der Waals surface area contributed by atoms with Crippen molar-refractivity contribution in [2.45, 2.75) is 51.9 Å². The van der Waals surface area contributed by atoms with Crippen LogP contribution in [0, 0.1) is 6.92 Å². The highest BCUT2D eigenvalue weighted by molar-refractivity contribution is 6.16. The molecule has 4 aromatic carbocycles. The molecule has 0 saturated heterocycles. The first-order chi connectivity index (χ1) is 22.0. The number of nitrogens with zero attached hydrogens (tertiary/aromatic N) is 3. The molecule has 46 heavy (non-hydrogen) atoms. The molecule has 0 aromatic heterocycles. The van der Waals surface area contributed by atoms with Crippen molar-refractivity contribution in [3.8, 4) is 0 Å². The average Bonchev–Trinajstić information content (AvgIpc) is 3.18. The van der Waals surface area contributed by atoms with Gasteiger partial charge in [-0.15, -0.1) is 0 Å². The van der Waals surface area contributed by atoms with E-state index in [1.807, 2.05) is 121 Å². The van der Waals surface area contributed by atoms with Crippen LogP contribution in [0.3, 0.4) is 0 Å². The summed E-state index contributed by atoms with van der Waals surface area (Å²) in [6.45, 7) is 7.58. The van der Waals surface area contributed by atoms with Crippen molar-refractivity contribution in [2.75, 3.05) is 18.0 Å². The van der Waals surface area contributed by atoms with Gasteiger partial charge in [-0.2, -0.15) is 0 Å². The molecule has 1 aliphatic rings. The largest absolute Gasteiger partial charge is 0.465 e. The highest BCUT2D eigenvalue weighted by atomic mass is 16.4. The first kappa shape index (κ1) is 32.2. The summed E-state index contributed by atoms with van der Waals surface area (Å²) < 4.78 is 0. The predicted molar refractivity (Wildman–Crippen MR) is 182 cm³/mol. The molecule has 0 aliphatic carbocycles. The summed E-state index contributed by atoms with van der Waals surface area (Å²) >= 11 is 0. The van der Waals surface area contributed by atoms with Crippen LogP contribution in [0.5, 0.6) is 0 Å². The first-order valence-corrected chi connectivity index (χ1v) is 15.5. The normalized spacial score (nSPS) is 15.2. The lowest BCUT2D eigenvalue weighted by Gasteiger charge is -2.39. The van der Waals surface area contributed by atoms with Crippen molar-refractivity contribution >= 4 is 29.2 Å². The maximum Gasteiger partial charge on any atom is 0.408 e. The number of hydrogen-bond donors (Lipinski definition) is 2. The van der Waals surface area contributed by atoms with Crippen LogP contribution in [-0.4, -0.2) is 64.3 Å². The van der Waals surface area contributed by atoms with Gasteiger partial charge in [0.2, 0.25) is 5.91 Å². The molecular weight excluding hydrogens is 576 g/mol. The minimum absolute atomic E-state index is 0.0604. The number of ketones is 1. The van der Waals surface area contributed by atoms with Crippen LogP contribution in [0.25, 0.3) is 0 Å². The summed E-state index contributed by atoms with van der Waals surface area (Å²) in [5.74, 6) is -0.520. The number of fused-ring (bicyclic) bond motifs is 1. The minimum atomic E-state index is -1.18. The number of carboxylic acid groups (broad SMARTS) is 1. The number of hydrogen-bond acceptors (Lipinski definition) is 5. The number of anilines is 1. The van der Waals surface area contributed by atoms with Crippen LogP contribution in [0.4, 0.5) is 10.5 Å². The van der Waals surface area contributed by atoms with E-state index < -0.39 is 29.7 Å². The Hall–Kier alpha value is -5.24. The van der Waals surface area contributed by atoms with E-state index in [1.54, 1.807) is 20.8 Å². The number of para-hydroxylation sites is 1. The Balaban J connectivity index is 1.54. The lowest BCUT2D eigenvalue weighted by molar-refractivity contribution is -0.128. The Morgan fingerprint density at radius 2 is 1.50 bits per heavy atom. The van der Waals surface area contributed by atoms with Gasteiger partial charge in [-0.25, -0.2) is 4.79 Å². The fraction of sp³-hybridized carbons (Fsp3) is 0.263. The Morgan fingerprint density at radius 1 is 0.891 bits per heavy atom. The van der Waals surface area contributed by atoms with Gasteiger partial charge in [0.15, 0.2) is 5.78 Å². The van der Waals surface area contributed by atoms with Crippen molar-refractivity contribution in [2.24, 2.45) is 4.99 Å². The number of rotatable bonds is 9. The van der Waals surface area contributed by atoms with Crippen molar-refractivity contribution in [1.29, 1.82) is 0 Å². The second-order valence-corrected chi connectivity index (χ2v) is 12.6. The van der Waals surface area contributed by atoms with Crippen LogP contribution >= 0.6 is 0 Å². The van der Waals surface area contributed by atoms with Crippen molar-refractivity contribution in [1.82, 2.24) is 10.2 Å². The summed E-state index contributed by atoms with van der Waals surface area (Å²) in [5.41, 5.74) is 4.85. The molecule has 0 bridgehead atoms. The molecule has 0 fully saturated rings. The molecule has 0 spiro atoms. The van der Waals surface area contributed by atoms with E-state index in [2.05, 4.69) is 5.32 Å². The summed E-state index contributed by atoms with van der Waals surface area (Å²) in [5, 5.41) is 13.4. The van der Waals surface area contributed by atoms with E-state index in [0.29, 0.717) is 11.3 Å². The summed E-state index contributed by atoms with van der Waals surface area (Å²) in [7, 11) is 0. The maximum absolute atomic E-state index is 14.2. The van der Waals surface area contributed by atoms with Gasteiger partial charge in [-0.3, -0.25) is 19.5 Å². The van der Waals surface area contributed by atoms with E-state index in [-0.39, 0.29) is 25.3 Å². The third kappa shape index (κ3) is 7.51. The second-order valence-electron chi connectivity index (χ2n) is 12.6. The molecule has 8 heteroatoms. The van der Waals surface area contributed by atoms with Gasteiger partial charge in [-0.05, 0) is 39.3 Å². The zero-order chi connectivity index (χ0) is 32.8. The number of amides is 2. The Bertz CT molecular complexity index is 1710. The Labute approximate surface area is 270 Å². The van der Waals surface area contributed by atoms with E-state index >= 15 is 0 Å². The van der Waals surface area contributed by atoms with Gasteiger partial charge in [-0.1, -0.05) is 109 Å². The Kier molecular flexibility index (Phi) is 9.66. The number of Topliss-reactive ketones (excluding diaryl/α,β-unsaturated/α-hetero) is 1. The molecule has 2 atom stereocenters. The molecule has 1 unspecified atom stereocenters. The number of benzene rings is 4. The fourth-order valence-corrected chi connectivity index (χ4v) is 5.87. The first-order valence-electron chi connectivity index (χ1n) is 15.5. The molecule has 8 nitrogen and oxygen atoms in total. The predicted octanol–water partition coefficient (Wildman–Crippen LogP) is 6.37. The smallest absolute Gasteiger partial charge is 0.408 e. The molecular formula is C38H40N4O4. The zero-order valence-electron chi connectivity index (χ0n) is 26.7. The highest BCUT2D eigenvalue weighted by Crippen LogP contribution is 2.28. The van der Waals surface area contributed by atoms with E-state index in [0.717, 1.165) is 27.9 Å². The molecule has 0 saturated carbocycles. The number of aliphatic imine (C=N–C) groups is 1. The topological polar surface area (TPSA) is 102 Å². The molecule has 1 heterocycles. The lowest BCUT2D eigenvalue weighted by Crippen LogP contribution is -2.59. The standard InChI is InChI=1S/C38H40N4O4/c1-26-19-21-28(22-20-26)33(43)24-41-25-34(39-35(29-15-9-6-10-16-29)30-17-11-12-18-31(30)41)40-36(44)32(23-27-13-7-5-8-14-27)42(37(45)46)38(2,3)4/h5-22,32,34H,23-25H2,1-4H3,(H,40,44)(H,45,46)/t32?,34-/m1/s1. The highest BCUT2D eigenvalue weighted by Gasteiger charge is 2.39. The summed E-state index contributed by atoms with van der Waals surface area (Å²) in [4.78, 5) is 48.7. The number of nitrogens with one attached hydrogen (secondary N) is 1. The van der Waals surface area contributed by atoms with Gasteiger partial charge >= 0.3 is 6.09 Å². The monoisotopic (exact) mass is 616 g/mol. The van der Waals surface area contributed by atoms with Crippen molar-refractivity contribution < 1.29 is 19.5 Å². The van der Waals surface area contributed by atoms with Crippen molar-refractivity contribution in [3.05, 3.63) is 137 Å². The third-order valence-electron chi connectivity index (χ3n) is 8.06. The molecule has 4 aromatic rings. The number of carbonyl (C=O) groups is 3. The van der Waals surface area contributed by atoms with E-state index in [1.165, 1.54) is 4.90 Å². The second kappa shape index (κ2) is 13.8. The zero-order valence-corrected chi connectivity index (χ0v) is 26.7. The fourth-order valence-electron chi connectivity index (χ4n) is 5.87. The van der Waals surface area contributed by atoms with Gasteiger partial charge < -0.3 is 15.3 Å². The average molecular weight is 617 g/mol. The molecule has 2 amide bonds. The van der Waals surface area contributed by atoms with Crippen LogP contribution in [-0.2, 0) is 11.2 Å². The molecule has 2 N–H and O–H groups in total. The van der Waals surface area contributed by atoms with Crippen LogP contribution < -0.4 is 10.2 Å². The van der Waals surface area contributed by atoms with Gasteiger partial charge in [0.25, 0.3) is 0 Å². The number of aryl methyl sites for hydroxylation is 1. The van der Waals surface area contributed by atoms with Gasteiger partial charge in [0, 0.05) is 34.3 Å². The minimum Gasteiger partial charge on any atom is -0.465 e. The van der Waals surface area contributed by atoms with Crippen molar-refractivity contribution in [3.63, 3.8) is 0 Å². The SMILES string of the molecule is Cc1ccc(C(=O)CN2C[C@@H](NC(=O)C(Cc3ccccc3)N(C(=O)O)C(C)(C)C)N=C(c3ccccc3)c3ccccc32)cc1. The van der Waals surface area contributed by atoms with Crippen LogP contribution in [0.15, 0.2) is 114 Å². The van der Waals surface area contributed by atoms with Crippen LogP contribution in [0.1, 0.15) is 53.4 Å². The third-order valence-corrected chi connectivity index (χ3v) is 8.06.